The van der Waals surface area contributed by atoms with Crippen LogP contribution in [0.2, 0.25) is 5.02 Å². The third-order valence-electron chi connectivity index (χ3n) is 7.25. The van der Waals surface area contributed by atoms with Gasteiger partial charge in [0.1, 0.15) is 23.0 Å². The van der Waals surface area contributed by atoms with Crippen molar-refractivity contribution in [2.45, 2.75) is 13.8 Å². The summed E-state index contributed by atoms with van der Waals surface area (Å²) in [5.74, 6) is 2.13. The summed E-state index contributed by atoms with van der Waals surface area (Å²) in [4.78, 5) is 0. The molecule has 0 saturated carbocycles. The highest BCUT2D eigenvalue weighted by Crippen LogP contribution is 2.35. The minimum atomic E-state index is 0.109. The Morgan fingerprint density at radius 3 is 1.63 bits per heavy atom. The maximum absolute atomic E-state index is 9.66. The maximum Gasteiger partial charge on any atom is 0.134 e. The van der Waals surface area contributed by atoms with Gasteiger partial charge in [-0.1, -0.05) is 60.1 Å². The van der Waals surface area contributed by atoms with Crippen molar-refractivity contribution in [2.24, 2.45) is 0 Å². The predicted molar refractivity (Wildman–Crippen MR) is 170 cm³/mol. The van der Waals surface area contributed by atoms with Gasteiger partial charge in [-0.3, -0.25) is 0 Å². The van der Waals surface area contributed by atoms with Gasteiger partial charge in [0.15, 0.2) is 0 Å². The van der Waals surface area contributed by atoms with Crippen molar-refractivity contribution in [3.63, 3.8) is 0 Å². The fourth-order valence-corrected chi connectivity index (χ4v) is 5.26. The minimum Gasteiger partial charge on any atom is -0.508 e. The molecule has 6 rings (SSSR count). The number of halogens is 1. The quantitative estimate of drug-likeness (QED) is 0.224. The molecule has 0 amide bonds. The lowest BCUT2D eigenvalue weighted by molar-refractivity contribution is 0.414. The largest absolute Gasteiger partial charge is 0.508 e. The second-order valence-electron chi connectivity index (χ2n) is 9.94. The van der Waals surface area contributed by atoms with E-state index in [-0.39, 0.29) is 5.75 Å². The Morgan fingerprint density at radius 2 is 1.05 bits per heavy atom. The first-order valence-corrected chi connectivity index (χ1v) is 13.6. The summed E-state index contributed by atoms with van der Waals surface area (Å²) >= 11 is 6.13. The summed E-state index contributed by atoms with van der Waals surface area (Å²) in [6, 6.07) is 33.3. The van der Waals surface area contributed by atoms with E-state index in [2.05, 4.69) is 44.2 Å². The van der Waals surface area contributed by atoms with Gasteiger partial charge in [-0.2, -0.15) is 0 Å². The monoisotopic (exact) mass is 562 g/mol. The number of methoxy groups -OCH3 is 2. The first-order valence-electron chi connectivity index (χ1n) is 13.2. The molecule has 0 saturated heterocycles. The molecule has 0 aliphatic rings. The molecule has 6 aromatic carbocycles. The molecule has 206 valence electrons. The number of ether oxygens (including phenoxy) is 2. The standard InChI is InChI=1S/C18H15ClO2.C18H16O2/c1-11-9-14(21-2)5-7-15(11)12-3-6-16-13(10-12)4-8-17(20)18(16)19;1-12-9-17(20-2)7-8-18(12)15-4-3-14-11-16(19)6-5-13(14)10-15/h3-10,20H,1-2H3;3-11,19H,1-2H3. The van der Waals surface area contributed by atoms with E-state index in [4.69, 9.17) is 21.1 Å². The average Bonchev–Trinajstić information content (AvgIpc) is 2.99. The van der Waals surface area contributed by atoms with Gasteiger partial charge in [0.2, 0.25) is 0 Å². The lowest BCUT2D eigenvalue weighted by atomic mass is 9.97. The molecule has 0 spiro atoms. The summed E-state index contributed by atoms with van der Waals surface area (Å²) in [6.45, 7) is 4.14. The minimum absolute atomic E-state index is 0.109. The third-order valence-corrected chi connectivity index (χ3v) is 7.64. The summed E-state index contributed by atoms with van der Waals surface area (Å²) in [5.41, 5.74) is 6.97. The molecule has 0 aromatic heterocycles. The molecule has 0 heterocycles. The van der Waals surface area contributed by atoms with Crippen molar-refractivity contribution in [2.75, 3.05) is 14.2 Å². The van der Waals surface area contributed by atoms with Crippen LogP contribution in [0.1, 0.15) is 11.1 Å². The first-order chi connectivity index (χ1) is 19.8. The average molecular weight is 563 g/mol. The molecule has 6 aromatic rings. The Bertz CT molecular complexity index is 1880. The molecule has 0 radical (unpaired) electrons. The van der Waals surface area contributed by atoms with Gasteiger partial charge in [0.05, 0.1) is 19.2 Å². The van der Waals surface area contributed by atoms with Crippen molar-refractivity contribution in [3.8, 4) is 45.3 Å². The van der Waals surface area contributed by atoms with E-state index >= 15 is 0 Å². The number of fused-ring (bicyclic) bond motifs is 2. The highest BCUT2D eigenvalue weighted by molar-refractivity contribution is 6.37. The molecular weight excluding hydrogens is 532 g/mol. The zero-order valence-electron chi connectivity index (χ0n) is 23.4. The van der Waals surface area contributed by atoms with E-state index in [1.54, 1.807) is 32.4 Å². The molecule has 0 atom stereocenters. The van der Waals surface area contributed by atoms with Crippen LogP contribution in [0.3, 0.4) is 0 Å². The van der Waals surface area contributed by atoms with Crippen LogP contribution in [-0.2, 0) is 0 Å². The highest BCUT2D eigenvalue weighted by Gasteiger charge is 2.09. The van der Waals surface area contributed by atoms with E-state index < -0.39 is 0 Å². The van der Waals surface area contributed by atoms with Crippen LogP contribution in [0.4, 0.5) is 0 Å². The number of phenolic OH excluding ortho intramolecular Hbond substituents is 2. The van der Waals surface area contributed by atoms with E-state index in [9.17, 15) is 10.2 Å². The fraction of sp³-hybridized carbons (Fsp3) is 0.111. The summed E-state index contributed by atoms with van der Waals surface area (Å²) in [5, 5.41) is 23.6. The summed E-state index contributed by atoms with van der Waals surface area (Å²) in [7, 11) is 3.34. The predicted octanol–water partition coefficient (Wildman–Crippen LogP) is 9.71. The number of aromatic hydroxyl groups is 2. The number of hydrogen-bond acceptors (Lipinski definition) is 4. The van der Waals surface area contributed by atoms with Gasteiger partial charge in [-0.05, 0) is 118 Å². The number of aryl methyl sites for hydroxylation is 2. The third kappa shape index (κ3) is 5.93. The maximum atomic E-state index is 9.66. The topological polar surface area (TPSA) is 58.9 Å². The summed E-state index contributed by atoms with van der Waals surface area (Å²) < 4.78 is 10.5. The highest BCUT2D eigenvalue weighted by atomic mass is 35.5. The number of benzene rings is 6. The molecule has 0 fully saturated rings. The van der Waals surface area contributed by atoms with Crippen molar-refractivity contribution < 1.29 is 19.7 Å². The zero-order valence-corrected chi connectivity index (χ0v) is 24.2. The molecule has 2 N–H and O–H groups in total. The number of phenols is 2. The van der Waals surface area contributed by atoms with E-state index in [0.29, 0.717) is 10.8 Å². The van der Waals surface area contributed by atoms with Crippen molar-refractivity contribution in [3.05, 3.63) is 119 Å². The summed E-state index contributed by atoms with van der Waals surface area (Å²) in [6.07, 6.45) is 0. The molecule has 0 unspecified atom stereocenters. The molecule has 4 nitrogen and oxygen atoms in total. The smallest absolute Gasteiger partial charge is 0.134 e. The van der Waals surface area contributed by atoms with Gasteiger partial charge < -0.3 is 19.7 Å². The van der Waals surface area contributed by atoms with Crippen LogP contribution in [0.25, 0.3) is 43.8 Å². The van der Waals surface area contributed by atoms with Gasteiger partial charge in [0.25, 0.3) is 0 Å². The van der Waals surface area contributed by atoms with Gasteiger partial charge >= 0.3 is 0 Å². The molecule has 41 heavy (non-hydrogen) atoms. The number of rotatable bonds is 4. The van der Waals surface area contributed by atoms with Crippen LogP contribution < -0.4 is 9.47 Å². The lowest BCUT2D eigenvalue weighted by Crippen LogP contribution is -1.87. The van der Waals surface area contributed by atoms with Crippen LogP contribution in [-0.4, -0.2) is 24.4 Å². The van der Waals surface area contributed by atoms with E-state index in [0.717, 1.165) is 49.7 Å². The van der Waals surface area contributed by atoms with Crippen LogP contribution in [0, 0.1) is 13.8 Å². The van der Waals surface area contributed by atoms with E-state index in [1.807, 2.05) is 54.6 Å². The zero-order chi connectivity index (χ0) is 29.1. The second kappa shape index (κ2) is 11.8. The van der Waals surface area contributed by atoms with Crippen LogP contribution in [0.15, 0.2) is 103 Å². The van der Waals surface area contributed by atoms with Crippen molar-refractivity contribution in [1.82, 2.24) is 0 Å². The lowest BCUT2D eigenvalue weighted by Gasteiger charge is -2.10. The molecule has 5 heteroatoms. The Labute approximate surface area is 245 Å². The molecular formula is C36H31ClO4. The molecule has 0 bridgehead atoms. The second-order valence-corrected chi connectivity index (χ2v) is 10.3. The van der Waals surface area contributed by atoms with Crippen LogP contribution in [0.5, 0.6) is 23.0 Å². The van der Waals surface area contributed by atoms with Gasteiger partial charge in [-0.25, -0.2) is 0 Å². The number of hydrogen-bond donors (Lipinski definition) is 2. The van der Waals surface area contributed by atoms with Crippen molar-refractivity contribution >= 4 is 33.1 Å². The van der Waals surface area contributed by atoms with Crippen molar-refractivity contribution in [1.29, 1.82) is 0 Å². The van der Waals surface area contributed by atoms with Gasteiger partial charge in [0, 0.05) is 5.39 Å². The first kappa shape index (κ1) is 27.9. The Kier molecular flexibility index (Phi) is 8.04. The Morgan fingerprint density at radius 1 is 0.537 bits per heavy atom. The SMILES string of the molecule is COc1ccc(-c2ccc3c(Cl)c(O)ccc3c2)c(C)c1.COc1ccc(-c2ccc3cc(O)ccc3c2)c(C)c1. The normalized spacial score (nSPS) is 10.8. The van der Waals surface area contributed by atoms with Gasteiger partial charge in [-0.15, -0.1) is 0 Å². The Balaban J connectivity index is 0.000000165. The molecule has 0 aliphatic carbocycles. The fourth-order valence-electron chi connectivity index (χ4n) is 5.02. The Hall–Kier alpha value is -4.67. The van der Waals surface area contributed by atoms with E-state index in [1.165, 1.54) is 16.7 Å². The van der Waals surface area contributed by atoms with Crippen LogP contribution >= 0.6 is 11.6 Å². The molecule has 0 aliphatic heterocycles.